The van der Waals surface area contributed by atoms with Crippen molar-refractivity contribution < 1.29 is 28.5 Å². The van der Waals surface area contributed by atoms with E-state index in [1.807, 2.05) is 0 Å². The van der Waals surface area contributed by atoms with E-state index in [1.165, 1.54) is 0 Å². The molecule has 1 amide bonds. The summed E-state index contributed by atoms with van der Waals surface area (Å²) >= 11 is 0. The minimum Gasteiger partial charge on any atom is -0.493 e. The topological polar surface area (TPSA) is 132 Å². The van der Waals surface area contributed by atoms with Crippen molar-refractivity contribution in [2.75, 3.05) is 39.9 Å². The zero-order valence-electron chi connectivity index (χ0n) is 20.6. The van der Waals surface area contributed by atoms with Gasteiger partial charge in [0.15, 0.2) is 28.8 Å². The maximum absolute atomic E-state index is 12.9. The summed E-state index contributed by atoms with van der Waals surface area (Å²) in [5, 5.41) is 16.0. The number of benzene rings is 1. The molecule has 4 aromatic rings. The van der Waals surface area contributed by atoms with Crippen LogP contribution in [0.15, 0.2) is 42.7 Å². The third-order valence-corrected chi connectivity index (χ3v) is 5.68. The number of ether oxygens (including phenoxy) is 5. The molecule has 37 heavy (non-hydrogen) atoms. The van der Waals surface area contributed by atoms with Gasteiger partial charge in [0.05, 0.1) is 38.6 Å². The molecule has 192 valence electrons. The second-order valence-electron chi connectivity index (χ2n) is 8.24. The predicted octanol–water partition coefficient (Wildman–Crippen LogP) is 3.64. The van der Waals surface area contributed by atoms with Crippen molar-refractivity contribution >= 4 is 22.6 Å². The number of hydrogen-bond acceptors (Lipinski definition) is 10. The Morgan fingerprint density at radius 1 is 1.00 bits per heavy atom. The van der Waals surface area contributed by atoms with E-state index in [-0.39, 0.29) is 17.4 Å². The molecule has 0 atom stereocenters. The van der Waals surface area contributed by atoms with Gasteiger partial charge in [0.2, 0.25) is 5.88 Å². The molecular formula is C25H26N6O6. The zero-order valence-corrected chi connectivity index (χ0v) is 20.6. The molecule has 0 unspecified atom stereocenters. The van der Waals surface area contributed by atoms with Gasteiger partial charge in [-0.2, -0.15) is 5.10 Å². The number of hydrogen-bond donors (Lipinski definition) is 1. The summed E-state index contributed by atoms with van der Waals surface area (Å²) < 4.78 is 29.2. The van der Waals surface area contributed by atoms with Gasteiger partial charge in [-0.05, 0) is 31.0 Å². The minimum absolute atomic E-state index is 0.178. The number of methoxy groups -OCH3 is 3. The zero-order chi connectivity index (χ0) is 25.8. The highest BCUT2D eigenvalue weighted by Crippen LogP contribution is 2.37. The average Bonchev–Trinajstić information content (AvgIpc) is 3.68. The van der Waals surface area contributed by atoms with Gasteiger partial charge < -0.3 is 29.0 Å². The molecular weight excluding hydrogens is 480 g/mol. The minimum atomic E-state index is -0.448. The molecule has 0 saturated heterocycles. The SMILES string of the molecule is COCCOc1cn(C2CC2)nc1C(=O)Nc1ccc(Oc2ccnc3cc(OC)c(OC)cc23)nn1. The summed E-state index contributed by atoms with van der Waals surface area (Å²) in [5.74, 6) is 2.05. The van der Waals surface area contributed by atoms with Crippen LogP contribution < -0.4 is 24.3 Å². The molecule has 1 saturated carbocycles. The maximum Gasteiger partial charge on any atom is 0.281 e. The lowest BCUT2D eigenvalue weighted by Gasteiger charge is -2.12. The molecule has 1 aliphatic rings. The van der Waals surface area contributed by atoms with Crippen LogP contribution in [0.4, 0.5) is 5.82 Å². The van der Waals surface area contributed by atoms with Gasteiger partial charge in [-0.15, -0.1) is 10.2 Å². The number of pyridine rings is 1. The van der Waals surface area contributed by atoms with Gasteiger partial charge in [-0.3, -0.25) is 14.5 Å². The quantitative estimate of drug-likeness (QED) is 0.301. The number of nitrogens with one attached hydrogen (secondary N) is 1. The van der Waals surface area contributed by atoms with Crippen LogP contribution in [0.1, 0.15) is 29.4 Å². The molecule has 0 spiro atoms. The van der Waals surface area contributed by atoms with Crippen LogP contribution in [-0.2, 0) is 4.74 Å². The predicted molar refractivity (Wildman–Crippen MR) is 133 cm³/mol. The standard InChI is InChI=1S/C25H26N6O6/c1-33-10-11-36-21-14-31(15-4-5-15)30-24(21)25(32)27-22-6-7-23(29-28-22)37-18-8-9-26-17-13-20(35-3)19(34-2)12-16(17)18/h6-9,12-15H,4-5,10-11H2,1-3H3,(H,27,28,32). The summed E-state index contributed by atoms with van der Waals surface area (Å²) in [6.45, 7) is 0.705. The van der Waals surface area contributed by atoms with E-state index >= 15 is 0 Å². The van der Waals surface area contributed by atoms with Crippen molar-refractivity contribution in [2.24, 2.45) is 0 Å². The van der Waals surface area contributed by atoms with Gasteiger partial charge in [0.1, 0.15) is 12.4 Å². The van der Waals surface area contributed by atoms with Crippen molar-refractivity contribution in [1.29, 1.82) is 0 Å². The number of nitrogens with zero attached hydrogens (tertiary/aromatic N) is 5. The average molecular weight is 507 g/mol. The molecule has 0 bridgehead atoms. The Morgan fingerprint density at radius 3 is 2.51 bits per heavy atom. The van der Waals surface area contributed by atoms with Gasteiger partial charge >= 0.3 is 0 Å². The van der Waals surface area contributed by atoms with Crippen molar-refractivity contribution in [3.63, 3.8) is 0 Å². The Kier molecular flexibility index (Phi) is 6.99. The van der Waals surface area contributed by atoms with Gasteiger partial charge in [-0.25, -0.2) is 0 Å². The second-order valence-corrected chi connectivity index (χ2v) is 8.24. The Labute approximate surface area is 212 Å². The molecule has 1 fully saturated rings. The first kappa shape index (κ1) is 24.3. The van der Waals surface area contributed by atoms with Gasteiger partial charge in [0, 0.05) is 30.8 Å². The molecule has 0 radical (unpaired) electrons. The summed E-state index contributed by atoms with van der Waals surface area (Å²) in [5.41, 5.74) is 0.846. The first-order valence-electron chi connectivity index (χ1n) is 11.6. The number of carbonyl (C=O) groups excluding carboxylic acids is 1. The highest BCUT2D eigenvalue weighted by molar-refractivity contribution is 6.04. The first-order chi connectivity index (χ1) is 18.1. The fourth-order valence-corrected chi connectivity index (χ4v) is 3.66. The van der Waals surface area contributed by atoms with Gasteiger partial charge in [0.25, 0.3) is 5.91 Å². The molecule has 3 aromatic heterocycles. The molecule has 3 heterocycles. The van der Waals surface area contributed by atoms with Crippen LogP contribution in [0, 0.1) is 0 Å². The largest absolute Gasteiger partial charge is 0.493 e. The van der Waals surface area contributed by atoms with Crippen LogP contribution in [0.5, 0.6) is 28.9 Å². The summed E-state index contributed by atoms with van der Waals surface area (Å²) in [4.78, 5) is 17.3. The maximum atomic E-state index is 12.9. The monoisotopic (exact) mass is 506 g/mol. The van der Waals surface area contributed by atoms with Crippen LogP contribution in [-0.4, -0.2) is 65.4 Å². The highest BCUT2D eigenvalue weighted by atomic mass is 16.5. The third kappa shape index (κ3) is 5.38. The van der Waals surface area contributed by atoms with Crippen molar-refractivity contribution in [3.8, 4) is 28.9 Å². The van der Waals surface area contributed by atoms with Crippen LogP contribution >= 0.6 is 0 Å². The summed E-state index contributed by atoms with van der Waals surface area (Å²) in [6.07, 6.45) is 5.42. The smallest absolute Gasteiger partial charge is 0.281 e. The van der Waals surface area contributed by atoms with Gasteiger partial charge in [-0.1, -0.05) is 0 Å². The Bertz CT molecular complexity index is 1400. The molecule has 0 aliphatic heterocycles. The normalized spacial score (nSPS) is 12.8. The van der Waals surface area contributed by atoms with E-state index in [1.54, 1.807) is 68.7 Å². The first-order valence-corrected chi connectivity index (χ1v) is 11.6. The number of anilines is 1. The van der Waals surface area contributed by atoms with E-state index in [4.69, 9.17) is 23.7 Å². The van der Waals surface area contributed by atoms with Crippen LogP contribution in [0.25, 0.3) is 10.9 Å². The highest BCUT2D eigenvalue weighted by Gasteiger charge is 2.28. The molecule has 12 heteroatoms. The summed E-state index contributed by atoms with van der Waals surface area (Å²) in [7, 11) is 4.71. The second kappa shape index (κ2) is 10.7. The fourth-order valence-electron chi connectivity index (χ4n) is 3.66. The van der Waals surface area contributed by atoms with E-state index in [0.717, 1.165) is 12.8 Å². The number of amides is 1. The fraction of sp³-hybridized carbons (Fsp3) is 0.320. The number of rotatable bonds is 11. The van der Waals surface area contributed by atoms with E-state index in [0.29, 0.717) is 53.2 Å². The molecule has 1 aromatic carbocycles. The lowest BCUT2D eigenvalue weighted by atomic mass is 10.2. The van der Waals surface area contributed by atoms with E-state index < -0.39 is 5.91 Å². The molecule has 5 rings (SSSR count). The van der Waals surface area contributed by atoms with Crippen LogP contribution in [0.2, 0.25) is 0 Å². The third-order valence-electron chi connectivity index (χ3n) is 5.68. The van der Waals surface area contributed by atoms with E-state index in [9.17, 15) is 4.79 Å². The Hall–Kier alpha value is -4.45. The lowest BCUT2D eigenvalue weighted by Crippen LogP contribution is -2.16. The Balaban J connectivity index is 1.31. The van der Waals surface area contributed by atoms with E-state index in [2.05, 4.69) is 25.6 Å². The van der Waals surface area contributed by atoms with Crippen LogP contribution in [0.3, 0.4) is 0 Å². The lowest BCUT2D eigenvalue weighted by molar-refractivity contribution is 0.101. The van der Waals surface area contributed by atoms with Crippen molar-refractivity contribution in [1.82, 2.24) is 25.0 Å². The molecule has 12 nitrogen and oxygen atoms in total. The van der Waals surface area contributed by atoms with Crippen molar-refractivity contribution in [3.05, 3.63) is 48.4 Å². The molecule has 1 aliphatic carbocycles. The summed E-state index contributed by atoms with van der Waals surface area (Å²) in [6, 6.07) is 8.76. The molecule has 1 N–H and O–H groups in total. The number of carbonyl (C=O) groups is 1. The van der Waals surface area contributed by atoms with Crippen molar-refractivity contribution in [2.45, 2.75) is 18.9 Å². The Morgan fingerprint density at radius 2 is 1.81 bits per heavy atom. The number of fused-ring (bicyclic) bond motifs is 1. The number of aromatic nitrogens is 5.